The van der Waals surface area contributed by atoms with Gasteiger partial charge in [0.1, 0.15) is 5.01 Å². The minimum absolute atomic E-state index is 0.233. The summed E-state index contributed by atoms with van der Waals surface area (Å²) in [6.45, 7) is 2.96. The topological polar surface area (TPSA) is 92.9 Å². The van der Waals surface area contributed by atoms with Gasteiger partial charge in [0.2, 0.25) is 0 Å². The summed E-state index contributed by atoms with van der Waals surface area (Å²) in [5.74, 6) is -2.76. The highest BCUT2D eigenvalue weighted by molar-refractivity contribution is 7.15. The predicted molar refractivity (Wildman–Crippen MR) is 118 cm³/mol. The normalized spacial score (nSPS) is 12.0. The van der Waals surface area contributed by atoms with E-state index in [1.807, 2.05) is 35.3 Å². The fraction of sp³-hybridized carbons (Fsp3) is 0.182. The third-order valence-electron chi connectivity index (χ3n) is 4.44. The van der Waals surface area contributed by atoms with Crippen molar-refractivity contribution in [3.8, 4) is 16.3 Å². The monoisotopic (exact) mass is 475 g/mol. The van der Waals surface area contributed by atoms with Crippen LogP contribution in [0.1, 0.15) is 23.4 Å². The van der Waals surface area contributed by atoms with Crippen LogP contribution in [0.3, 0.4) is 0 Å². The second kappa shape index (κ2) is 10.8. The number of hydrogen-bond acceptors (Lipinski definition) is 6. The third-order valence-corrected chi connectivity index (χ3v) is 5.49. The number of thiazole rings is 1. The fourth-order valence-electron chi connectivity index (χ4n) is 2.75. The number of rotatable bonds is 6. The zero-order valence-electron chi connectivity index (χ0n) is 17.4. The molecule has 3 aromatic heterocycles. The van der Waals surface area contributed by atoms with Gasteiger partial charge in [-0.05, 0) is 42.8 Å². The molecule has 11 heteroatoms. The molecule has 33 heavy (non-hydrogen) atoms. The first-order valence-electron chi connectivity index (χ1n) is 9.72. The van der Waals surface area contributed by atoms with Gasteiger partial charge in [-0.1, -0.05) is 12.1 Å². The lowest BCUT2D eigenvalue weighted by Gasteiger charge is -2.14. The second-order valence-corrected chi connectivity index (χ2v) is 7.93. The molecule has 0 saturated carbocycles. The van der Waals surface area contributed by atoms with Crippen molar-refractivity contribution >= 4 is 17.3 Å². The van der Waals surface area contributed by atoms with Crippen LogP contribution in [0.15, 0.2) is 73.4 Å². The summed E-state index contributed by atoms with van der Waals surface area (Å²) in [7, 11) is 0. The standard InChI is InChI=1S/C20H19N5S.C2HF3O2/c1-15(17-4-2-5-18(12-17)25-11-3-8-24-25)22-13-19-14-23-20(26-19)16-6-9-21-10-7-16;3-2(4,5)1(6)7/h2-12,14-15,22H,13H2,1H3;(H,6,7). The van der Waals surface area contributed by atoms with Gasteiger partial charge >= 0.3 is 12.1 Å². The summed E-state index contributed by atoms with van der Waals surface area (Å²) in [6, 6.07) is 14.6. The van der Waals surface area contributed by atoms with Gasteiger partial charge in [-0.3, -0.25) is 4.98 Å². The van der Waals surface area contributed by atoms with Gasteiger partial charge in [0.15, 0.2) is 0 Å². The number of nitrogens with one attached hydrogen (secondary N) is 1. The van der Waals surface area contributed by atoms with E-state index in [-0.39, 0.29) is 6.04 Å². The summed E-state index contributed by atoms with van der Waals surface area (Å²) in [5, 5.41) is 16.0. The van der Waals surface area contributed by atoms with Crippen LogP contribution in [-0.4, -0.2) is 37.0 Å². The first-order valence-corrected chi connectivity index (χ1v) is 10.5. The van der Waals surface area contributed by atoms with Crippen LogP contribution < -0.4 is 5.32 Å². The molecular formula is C22H20F3N5O2S. The highest BCUT2D eigenvalue weighted by Crippen LogP contribution is 2.25. The molecule has 1 aromatic carbocycles. The molecule has 7 nitrogen and oxygen atoms in total. The van der Waals surface area contributed by atoms with Gasteiger partial charge in [-0.2, -0.15) is 18.3 Å². The average molecular weight is 475 g/mol. The van der Waals surface area contributed by atoms with Crippen molar-refractivity contribution in [2.24, 2.45) is 0 Å². The van der Waals surface area contributed by atoms with Crippen molar-refractivity contribution in [1.82, 2.24) is 25.1 Å². The molecule has 0 radical (unpaired) electrons. The molecule has 0 spiro atoms. The molecule has 0 bridgehead atoms. The summed E-state index contributed by atoms with van der Waals surface area (Å²) in [5.41, 5.74) is 3.41. The quantitative estimate of drug-likeness (QED) is 0.413. The Labute approximate surface area is 191 Å². The van der Waals surface area contributed by atoms with E-state index in [0.29, 0.717) is 0 Å². The van der Waals surface area contributed by atoms with Crippen LogP contribution in [0.5, 0.6) is 0 Å². The third kappa shape index (κ3) is 6.96. The highest BCUT2D eigenvalue weighted by Gasteiger charge is 2.38. The summed E-state index contributed by atoms with van der Waals surface area (Å²) in [4.78, 5) is 18.7. The van der Waals surface area contributed by atoms with Crippen molar-refractivity contribution in [3.63, 3.8) is 0 Å². The number of aromatic nitrogens is 4. The van der Waals surface area contributed by atoms with E-state index in [9.17, 15) is 13.2 Å². The number of halogens is 3. The number of pyridine rings is 1. The fourth-order valence-corrected chi connectivity index (χ4v) is 3.62. The zero-order chi connectivity index (χ0) is 23.8. The Hall–Kier alpha value is -3.57. The van der Waals surface area contributed by atoms with Crippen molar-refractivity contribution in [3.05, 3.63) is 83.9 Å². The number of hydrogen-bond donors (Lipinski definition) is 2. The highest BCUT2D eigenvalue weighted by atomic mass is 32.1. The van der Waals surface area contributed by atoms with Crippen molar-refractivity contribution in [1.29, 1.82) is 0 Å². The van der Waals surface area contributed by atoms with E-state index >= 15 is 0 Å². The number of benzene rings is 1. The summed E-state index contributed by atoms with van der Waals surface area (Å²) in [6.07, 6.45) is 4.20. The molecule has 0 aliphatic heterocycles. The maximum absolute atomic E-state index is 10.6. The molecule has 0 amide bonds. The molecule has 0 aliphatic rings. The molecule has 0 saturated heterocycles. The Bertz CT molecular complexity index is 1160. The molecule has 1 atom stereocenters. The van der Waals surface area contributed by atoms with Crippen LogP contribution in [0.2, 0.25) is 0 Å². The van der Waals surface area contributed by atoms with Gasteiger partial charge < -0.3 is 10.4 Å². The number of aliphatic carboxylic acids is 1. The molecule has 0 fully saturated rings. The van der Waals surface area contributed by atoms with E-state index in [2.05, 4.69) is 51.6 Å². The van der Waals surface area contributed by atoms with Gasteiger partial charge in [-0.15, -0.1) is 11.3 Å². The summed E-state index contributed by atoms with van der Waals surface area (Å²) < 4.78 is 33.6. The van der Waals surface area contributed by atoms with Gasteiger partial charge in [0.05, 0.1) is 5.69 Å². The first-order chi connectivity index (χ1) is 15.7. The van der Waals surface area contributed by atoms with Gasteiger partial charge in [0, 0.05) is 54.0 Å². The van der Waals surface area contributed by atoms with Crippen molar-refractivity contribution in [2.45, 2.75) is 25.7 Å². The average Bonchev–Trinajstić information content (AvgIpc) is 3.50. The lowest BCUT2D eigenvalue weighted by atomic mass is 10.1. The van der Waals surface area contributed by atoms with E-state index in [1.165, 1.54) is 10.4 Å². The van der Waals surface area contributed by atoms with E-state index < -0.39 is 12.1 Å². The van der Waals surface area contributed by atoms with Crippen LogP contribution in [-0.2, 0) is 11.3 Å². The Morgan fingerprint density at radius 1 is 1.18 bits per heavy atom. The van der Waals surface area contributed by atoms with E-state index in [0.717, 1.165) is 22.8 Å². The summed E-state index contributed by atoms with van der Waals surface area (Å²) >= 11 is 1.71. The Morgan fingerprint density at radius 3 is 2.55 bits per heavy atom. The SMILES string of the molecule is CC(NCc1cnc(-c2ccncc2)s1)c1cccc(-n2cccn2)c1.O=C(O)C(F)(F)F. The van der Waals surface area contributed by atoms with Gasteiger partial charge in [0.25, 0.3) is 0 Å². The molecule has 172 valence electrons. The first kappa shape index (κ1) is 24.1. The minimum Gasteiger partial charge on any atom is -0.475 e. The van der Waals surface area contributed by atoms with E-state index in [4.69, 9.17) is 9.90 Å². The molecular weight excluding hydrogens is 455 g/mol. The molecule has 2 N–H and O–H groups in total. The zero-order valence-corrected chi connectivity index (χ0v) is 18.2. The lowest BCUT2D eigenvalue weighted by molar-refractivity contribution is -0.192. The number of nitrogens with zero attached hydrogens (tertiary/aromatic N) is 4. The number of carboxylic acids is 1. The van der Waals surface area contributed by atoms with Crippen molar-refractivity contribution in [2.75, 3.05) is 0 Å². The van der Waals surface area contributed by atoms with Crippen molar-refractivity contribution < 1.29 is 23.1 Å². The molecule has 4 aromatic rings. The maximum atomic E-state index is 10.6. The van der Waals surface area contributed by atoms with Crippen LogP contribution in [0, 0.1) is 0 Å². The largest absolute Gasteiger partial charge is 0.490 e. The lowest BCUT2D eigenvalue weighted by Crippen LogP contribution is -2.21. The van der Waals surface area contributed by atoms with Crippen LogP contribution in [0.4, 0.5) is 13.2 Å². The molecule has 4 rings (SSSR count). The maximum Gasteiger partial charge on any atom is 0.490 e. The second-order valence-electron chi connectivity index (χ2n) is 6.82. The minimum atomic E-state index is -5.08. The number of alkyl halides is 3. The molecule has 3 heterocycles. The molecule has 0 aliphatic carbocycles. The Kier molecular flexibility index (Phi) is 7.91. The van der Waals surface area contributed by atoms with Crippen LogP contribution in [0.25, 0.3) is 16.3 Å². The Morgan fingerprint density at radius 2 is 1.91 bits per heavy atom. The predicted octanol–water partition coefficient (Wildman–Crippen LogP) is 4.87. The molecule has 1 unspecified atom stereocenters. The van der Waals surface area contributed by atoms with Gasteiger partial charge in [-0.25, -0.2) is 14.5 Å². The van der Waals surface area contributed by atoms with E-state index in [1.54, 1.807) is 29.9 Å². The smallest absolute Gasteiger partial charge is 0.475 e. The van der Waals surface area contributed by atoms with Crippen LogP contribution >= 0.6 is 11.3 Å². The number of carbonyl (C=O) groups is 1. The number of carboxylic acid groups (broad SMARTS) is 1. The Balaban J connectivity index is 0.000000383.